The third-order valence-corrected chi connectivity index (χ3v) is 3.37. The summed E-state index contributed by atoms with van der Waals surface area (Å²) in [5.41, 5.74) is 3.75. The summed E-state index contributed by atoms with van der Waals surface area (Å²) in [6, 6.07) is 9.44. The van der Waals surface area contributed by atoms with Crippen LogP contribution in [0.5, 0.6) is 0 Å². The summed E-state index contributed by atoms with van der Waals surface area (Å²) < 4.78 is 6.29. The zero-order valence-corrected chi connectivity index (χ0v) is 11.3. The fourth-order valence-corrected chi connectivity index (χ4v) is 2.39. The molecule has 0 fully saturated rings. The van der Waals surface area contributed by atoms with Crippen molar-refractivity contribution < 1.29 is 4.42 Å². The summed E-state index contributed by atoms with van der Waals surface area (Å²) in [4.78, 5) is 0. The number of hydrogen-bond donors (Lipinski definition) is 2. The number of nitrogens with two attached hydrogens (primary N) is 1. The summed E-state index contributed by atoms with van der Waals surface area (Å²) in [6.07, 6.45) is 2.30. The second kappa shape index (κ2) is 5.69. The van der Waals surface area contributed by atoms with Crippen LogP contribution in [0.3, 0.4) is 0 Å². The van der Waals surface area contributed by atoms with E-state index in [1.54, 1.807) is 6.26 Å². The highest BCUT2D eigenvalue weighted by molar-refractivity contribution is 9.10. The van der Waals surface area contributed by atoms with Gasteiger partial charge >= 0.3 is 0 Å². The van der Waals surface area contributed by atoms with Crippen LogP contribution >= 0.6 is 27.5 Å². The zero-order chi connectivity index (χ0) is 12.3. The van der Waals surface area contributed by atoms with Crippen molar-refractivity contribution in [3.8, 4) is 0 Å². The predicted molar refractivity (Wildman–Crippen MR) is 71.6 cm³/mol. The fourth-order valence-electron chi connectivity index (χ4n) is 1.64. The van der Waals surface area contributed by atoms with Crippen LogP contribution in [-0.4, -0.2) is 0 Å². The molecule has 3 N–H and O–H groups in total. The van der Waals surface area contributed by atoms with Gasteiger partial charge in [0, 0.05) is 9.50 Å². The van der Waals surface area contributed by atoms with Gasteiger partial charge < -0.3 is 4.42 Å². The normalized spacial score (nSPS) is 12.6. The van der Waals surface area contributed by atoms with Crippen LogP contribution in [0.2, 0.25) is 5.02 Å². The van der Waals surface area contributed by atoms with Crippen molar-refractivity contribution in [2.45, 2.75) is 12.5 Å². The molecule has 1 atom stereocenters. The van der Waals surface area contributed by atoms with E-state index in [0.29, 0.717) is 11.4 Å². The first-order valence-corrected chi connectivity index (χ1v) is 6.31. The third-order valence-electron chi connectivity index (χ3n) is 2.53. The minimum atomic E-state index is -0.0799. The van der Waals surface area contributed by atoms with E-state index < -0.39 is 0 Å². The van der Waals surface area contributed by atoms with Crippen LogP contribution in [0.15, 0.2) is 45.5 Å². The summed E-state index contributed by atoms with van der Waals surface area (Å²) >= 11 is 9.54. The Morgan fingerprint density at radius 1 is 1.41 bits per heavy atom. The van der Waals surface area contributed by atoms with Crippen molar-refractivity contribution in [3.05, 3.63) is 57.4 Å². The minimum absolute atomic E-state index is 0.0799. The molecule has 0 aliphatic heterocycles. The molecule has 1 heterocycles. The largest absolute Gasteiger partial charge is 0.468 e. The van der Waals surface area contributed by atoms with Gasteiger partial charge in [0.2, 0.25) is 0 Å². The summed E-state index contributed by atoms with van der Waals surface area (Å²) in [6.45, 7) is 0. The van der Waals surface area contributed by atoms with Gasteiger partial charge in [-0.2, -0.15) is 0 Å². The van der Waals surface area contributed by atoms with E-state index in [0.717, 1.165) is 15.8 Å². The molecule has 0 amide bonds. The van der Waals surface area contributed by atoms with E-state index in [-0.39, 0.29) is 6.04 Å². The van der Waals surface area contributed by atoms with Gasteiger partial charge in [0.05, 0.1) is 12.3 Å². The summed E-state index contributed by atoms with van der Waals surface area (Å²) in [5, 5.41) is 0.714. The topological polar surface area (TPSA) is 51.2 Å². The SMILES string of the molecule is NNC(Cc1ccc(Br)cc1Cl)c1ccco1. The van der Waals surface area contributed by atoms with Crippen molar-refractivity contribution >= 4 is 27.5 Å². The van der Waals surface area contributed by atoms with E-state index in [4.69, 9.17) is 21.9 Å². The highest BCUT2D eigenvalue weighted by Gasteiger charge is 2.14. The Kier molecular flexibility index (Phi) is 4.23. The van der Waals surface area contributed by atoms with Gasteiger partial charge in [0.25, 0.3) is 0 Å². The molecule has 1 unspecified atom stereocenters. The number of benzene rings is 1. The monoisotopic (exact) mass is 314 g/mol. The van der Waals surface area contributed by atoms with Crippen LogP contribution < -0.4 is 11.3 Å². The highest BCUT2D eigenvalue weighted by Crippen LogP contribution is 2.26. The molecule has 1 aromatic heterocycles. The lowest BCUT2D eigenvalue weighted by Gasteiger charge is -2.14. The highest BCUT2D eigenvalue weighted by atomic mass is 79.9. The van der Waals surface area contributed by atoms with Crippen LogP contribution in [0.25, 0.3) is 0 Å². The zero-order valence-electron chi connectivity index (χ0n) is 8.99. The number of hydrazine groups is 1. The van der Waals surface area contributed by atoms with Gasteiger partial charge in [0.15, 0.2) is 0 Å². The predicted octanol–water partition coefficient (Wildman–Crippen LogP) is 3.44. The van der Waals surface area contributed by atoms with Crippen molar-refractivity contribution in [2.24, 2.45) is 5.84 Å². The van der Waals surface area contributed by atoms with E-state index in [1.807, 2.05) is 30.3 Å². The van der Waals surface area contributed by atoms with E-state index >= 15 is 0 Å². The van der Waals surface area contributed by atoms with E-state index in [9.17, 15) is 0 Å². The molecule has 3 nitrogen and oxygen atoms in total. The molecule has 2 aromatic rings. The molecule has 0 bridgehead atoms. The van der Waals surface area contributed by atoms with E-state index in [1.165, 1.54) is 0 Å². The lowest BCUT2D eigenvalue weighted by atomic mass is 10.0. The quantitative estimate of drug-likeness (QED) is 0.671. The second-order valence-corrected chi connectivity index (χ2v) is 5.00. The average molecular weight is 316 g/mol. The molecule has 0 radical (unpaired) electrons. The molecule has 0 spiro atoms. The fraction of sp³-hybridized carbons (Fsp3) is 0.167. The Hall–Kier alpha value is -0.810. The maximum Gasteiger partial charge on any atom is 0.122 e. The Balaban J connectivity index is 2.19. The number of furan rings is 1. The molecular weight excluding hydrogens is 304 g/mol. The summed E-state index contributed by atoms with van der Waals surface area (Å²) in [7, 11) is 0. The summed E-state index contributed by atoms with van der Waals surface area (Å²) in [5.74, 6) is 6.33. The molecule has 2 rings (SSSR count). The van der Waals surface area contributed by atoms with Crippen LogP contribution in [0, 0.1) is 0 Å². The number of hydrogen-bond acceptors (Lipinski definition) is 3. The first kappa shape index (κ1) is 12.6. The van der Waals surface area contributed by atoms with Gasteiger partial charge in [-0.15, -0.1) is 0 Å². The molecule has 90 valence electrons. The van der Waals surface area contributed by atoms with Gasteiger partial charge in [-0.05, 0) is 36.2 Å². The first-order chi connectivity index (χ1) is 8.20. The molecule has 17 heavy (non-hydrogen) atoms. The minimum Gasteiger partial charge on any atom is -0.468 e. The number of nitrogens with one attached hydrogen (secondary N) is 1. The van der Waals surface area contributed by atoms with Crippen LogP contribution in [-0.2, 0) is 6.42 Å². The average Bonchev–Trinajstić information content (AvgIpc) is 2.81. The Labute approximate surface area is 113 Å². The Morgan fingerprint density at radius 2 is 2.24 bits per heavy atom. The molecule has 1 aromatic carbocycles. The molecule has 0 aliphatic rings. The van der Waals surface area contributed by atoms with Crippen molar-refractivity contribution in [2.75, 3.05) is 0 Å². The van der Waals surface area contributed by atoms with Gasteiger partial charge in [0.1, 0.15) is 5.76 Å². The maximum atomic E-state index is 6.16. The van der Waals surface area contributed by atoms with Crippen LogP contribution in [0.4, 0.5) is 0 Å². The molecule has 0 saturated carbocycles. The standard InChI is InChI=1S/C12H12BrClN2O/c13-9-4-3-8(10(14)7-9)6-11(16-15)12-2-1-5-17-12/h1-5,7,11,16H,6,15H2. The first-order valence-electron chi connectivity index (χ1n) is 5.14. The van der Waals surface area contributed by atoms with Crippen molar-refractivity contribution in [1.82, 2.24) is 5.43 Å². The molecule has 0 aliphatic carbocycles. The number of halogens is 2. The van der Waals surface area contributed by atoms with Gasteiger partial charge in [-0.1, -0.05) is 33.6 Å². The van der Waals surface area contributed by atoms with Gasteiger partial charge in [-0.3, -0.25) is 5.84 Å². The lowest BCUT2D eigenvalue weighted by Crippen LogP contribution is -2.29. The second-order valence-electron chi connectivity index (χ2n) is 3.67. The third kappa shape index (κ3) is 3.10. The van der Waals surface area contributed by atoms with Crippen molar-refractivity contribution in [3.63, 3.8) is 0 Å². The maximum absolute atomic E-state index is 6.16. The van der Waals surface area contributed by atoms with Crippen molar-refractivity contribution in [1.29, 1.82) is 0 Å². The van der Waals surface area contributed by atoms with Crippen LogP contribution in [0.1, 0.15) is 17.4 Å². The Bertz CT molecular complexity index is 487. The van der Waals surface area contributed by atoms with E-state index in [2.05, 4.69) is 21.4 Å². The number of rotatable bonds is 4. The molecular formula is C12H12BrClN2O. The van der Waals surface area contributed by atoms with Gasteiger partial charge in [-0.25, -0.2) is 5.43 Å². The molecule has 5 heteroatoms. The smallest absolute Gasteiger partial charge is 0.122 e. The Morgan fingerprint density at radius 3 is 2.82 bits per heavy atom. The lowest BCUT2D eigenvalue weighted by molar-refractivity contribution is 0.416. The molecule has 0 saturated heterocycles.